The summed E-state index contributed by atoms with van der Waals surface area (Å²) in [6.07, 6.45) is -1.25. The molecule has 0 heterocycles. The Morgan fingerprint density at radius 2 is 1.78 bits per heavy atom. The van der Waals surface area contributed by atoms with Gasteiger partial charge in [-0.15, -0.1) is 0 Å². The molecule has 120 valence electrons. The fourth-order valence-corrected chi connectivity index (χ4v) is 2.06. The second kappa shape index (κ2) is 7.42. The van der Waals surface area contributed by atoms with E-state index in [2.05, 4.69) is 5.32 Å². The molecule has 2 rings (SSSR count). The molecular formula is C17H18N2O4. The summed E-state index contributed by atoms with van der Waals surface area (Å²) in [5.74, 6) is -0.366. The van der Waals surface area contributed by atoms with Crippen LogP contribution in [0.25, 0.3) is 0 Å². The largest absolute Gasteiger partial charge is 0.497 e. The second-order valence-electron chi connectivity index (χ2n) is 4.82. The Morgan fingerprint density at radius 1 is 1.09 bits per heavy atom. The topological polar surface area (TPSA) is 90.6 Å². The monoisotopic (exact) mass is 314 g/mol. The zero-order valence-electron chi connectivity index (χ0n) is 12.9. The molecule has 2 aromatic carbocycles. The Bertz CT molecular complexity index is 698. The predicted molar refractivity (Wildman–Crippen MR) is 87.6 cm³/mol. The van der Waals surface area contributed by atoms with Crippen molar-refractivity contribution < 1.29 is 19.1 Å². The first-order chi connectivity index (χ1) is 11.0. The molecule has 0 spiro atoms. The van der Waals surface area contributed by atoms with Crippen LogP contribution in [-0.4, -0.2) is 32.0 Å². The van der Waals surface area contributed by atoms with Gasteiger partial charge in [0.1, 0.15) is 5.75 Å². The molecule has 6 nitrogen and oxygen atoms in total. The van der Waals surface area contributed by atoms with Gasteiger partial charge in [0, 0.05) is 24.0 Å². The third kappa shape index (κ3) is 4.08. The van der Waals surface area contributed by atoms with Gasteiger partial charge in [0.2, 0.25) is 5.78 Å². The molecule has 0 bridgehead atoms. The smallest absolute Gasteiger partial charge is 0.261 e. The van der Waals surface area contributed by atoms with Gasteiger partial charge in [-0.2, -0.15) is 0 Å². The van der Waals surface area contributed by atoms with Crippen LogP contribution in [0.5, 0.6) is 5.75 Å². The van der Waals surface area contributed by atoms with Crippen LogP contribution in [0.1, 0.15) is 10.4 Å². The maximum Gasteiger partial charge on any atom is 0.261 e. The van der Waals surface area contributed by atoms with E-state index in [1.54, 1.807) is 48.5 Å². The first-order valence-corrected chi connectivity index (χ1v) is 6.92. The Balaban J connectivity index is 2.13. The normalized spacial score (nSPS) is 11.6. The van der Waals surface area contributed by atoms with Crippen molar-refractivity contribution in [3.63, 3.8) is 0 Å². The highest BCUT2D eigenvalue weighted by molar-refractivity contribution is 6.16. The molecule has 1 atom stereocenters. The number of amides is 1. The number of nitrogens with one attached hydrogen (secondary N) is 1. The van der Waals surface area contributed by atoms with Gasteiger partial charge >= 0.3 is 0 Å². The van der Waals surface area contributed by atoms with E-state index in [1.807, 2.05) is 0 Å². The first kappa shape index (κ1) is 16.5. The van der Waals surface area contributed by atoms with Gasteiger partial charge in [-0.1, -0.05) is 6.07 Å². The lowest BCUT2D eigenvalue weighted by Gasteiger charge is -2.15. The minimum absolute atomic E-state index is 0.361. The van der Waals surface area contributed by atoms with Crippen LogP contribution in [0.2, 0.25) is 0 Å². The molecule has 0 aromatic heterocycles. The van der Waals surface area contributed by atoms with E-state index < -0.39 is 17.8 Å². The minimum Gasteiger partial charge on any atom is -0.497 e. The summed E-state index contributed by atoms with van der Waals surface area (Å²) in [6.45, 7) is 0. The maximum absolute atomic E-state index is 12.4. The first-order valence-electron chi connectivity index (χ1n) is 6.92. The second-order valence-corrected chi connectivity index (χ2v) is 4.82. The van der Waals surface area contributed by atoms with E-state index in [1.165, 1.54) is 14.2 Å². The van der Waals surface area contributed by atoms with Crippen molar-refractivity contribution in [2.24, 2.45) is 0 Å². The molecule has 0 radical (unpaired) electrons. The zero-order chi connectivity index (χ0) is 16.8. The number of rotatable bonds is 6. The van der Waals surface area contributed by atoms with Crippen molar-refractivity contribution in [2.75, 3.05) is 25.3 Å². The molecule has 0 saturated heterocycles. The number of ether oxygens (including phenoxy) is 2. The quantitative estimate of drug-likeness (QED) is 0.484. The third-order valence-electron chi connectivity index (χ3n) is 3.24. The van der Waals surface area contributed by atoms with Crippen molar-refractivity contribution in [1.29, 1.82) is 0 Å². The predicted octanol–water partition coefficient (Wildman–Crippen LogP) is 2.11. The van der Waals surface area contributed by atoms with E-state index in [-0.39, 0.29) is 0 Å². The summed E-state index contributed by atoms with van der Waals surface area (Å²) in [4.78, 5) is 24.7. The molecule has 0 aliphatic carbocycles. The van der Waals surface area contributed by atoms with Crippen LogP contribution in [0, 0.1) is 0 Å². The average molecular weight is 314 g/mol. The summed E-state index contributed by atoms with van der Waals surface area (Å²) in [7, 11) is 2.85. The number of anilines is 2. The average Bonchev–Trinajstić information content (AvgIpc) is 2.55. The van der Waals surface area contributed by atoms with E-state index in [0.717, 1.165) is 0 Å². The number of hydrogen-bond donors (Lipinski definition) is 2. The molecule has 0 saturated carbocycles. The van der Waals surface area contributed by atoms with Gasteiger partial charge in [0.05, 0.1) is 7.11 Å². The Morgan fingerprint density at radius 3 is 2.35 bits per heavy atom. The molecule has 0 aliphatic rings. The van der Waals surface area contributed by atoms with E-state index in [9.17, 15) is 9.59 Å². The van der Waals surface area contributed by atoms with Crippen molar-refractivity contribution in [3.05, 3.63) is 54.1 Å². The SMILES string of the molecule is COc1ccc(C(=O)C(OC)C(=O)Nc2cccc(N)c2)cc1. The maximum atomic E-state index is 12.4. The van der Waals surface area contributed by atoms with Crippen molar-refractivity contribution >= 4 is 23.1 Å². The number of methoxy groups -OCH3 is 2. The molecule has 1 unspecified atom stereocenters. The number of carbonyl (C=O) groups is 2. The van der Waals surface area contributed by atoms with Gasteiger partial charge < -0.3 is 20.5 Å². The van der Waals surface area contributed by atoms with Gasteiger partial charge in [0.15, 0.2) is 6.10 Å². The van der Waals surface area contributed by atoms with Gasteiger partial charge in [0.25, 0.3) is 5.91 Å². The lowest BCUT2D eigenvalue weighted by molar-refractivity contribution is -0.123. The standard InChI is InChI=1S/C17H18N2O4/c1-22-14-8-6-11(7-9-14)15(20)16(23-2)17(21)19-13-5-3-4-12(18)10-13/h3-10,16H,18H2,1-2H3,(H,19,21). The van der Waals surface area contributed by atoms with Gasteiger partial charge in [-0.3, -0.25) is 9.59 Å². The van der Waals surface area contributed by atoms with Gasteiger partial charge in [-0.25, -0.2) is 0 Å². The fourth-order valence-electron chi connectivity index (χ4n) is 2.06. The molecule has 3 N–H and O–H groups in total. The summed E-state index contributed by atoms with van der Waals surface area (Å²) < 4.78 is 10.1. The highest BCUT2D eigenvalue weighted by atomic mass is 16.5. The molecule has 2 aromatic rings. The Hall–Kier alpha value is -2.86. The van der Waals surface area contributed by atoms with Crippen molar-refractivity contribution in [2.45, 2.75) is 6.10 Å². The molecule has 6 heteroatoms. The van der Waals surface area contributed by atoms with Crippen LogP contribution < -0.4 is 15.8 Å². The number of Topliss-reactive ketones (excluding diaryl/α,β-unsaturated/α-hetero) is 1. The van der Waals surface area contributed by atoms with Crippen LogP contribution in [-0.2, 0) is 9.53 Å². The van der Waals surface area contributed by atoms with Crippen LogP contribution >= 0.6 is 0 Å². The van der Waals surface area contributed by atoms with E-state index >= 15 is 0 Å². The summed E-state index contributed by atoms with van der Waals surface area (Å²) >= 11 is 0. The summed E-state index contributed by atoms with van der Waals surface area (Å²) in [5.41, 5.74) is 7.03. The molecule has 0 aliphatic heterocycles. The van der Waals surface area contributed by atoms with Crippen LogP contribution in [0.3, 0.4) is 0 Å². The summed E-state index contributed by atoms with van der Waals surface area (Å²) in [5, 5.41) is 2.62. The molecule has 23 heavy (non-hydrogen) atoms. The minimum atomic E-state index is -1.25. The highest BCUT2D eigenvalue weighted by Gasteiger charge is 2.27. The number of nitrogen functional groups attached to an aromatic ring is 1. The van der Waals surface area contributed by atoms with E-state index in [0.29, 0.717) is 22.7 Å². The lowest BCUT2D eigenvalue weighted by Crippen LogP contribution is -2.36. The van der Waals surface area contributed by atoms with Crippen LogP contribution in [0.4, 0.5) is 11.4 Å². The summed E-state index contributed by atoms with van der Waals surface area (Å²) in [6, 6.07) is 13.2. The number of nitrogens with two attached hydrogens (primary N) is 1. The van der Waals surface area contributed by atoms with Gasteiger partial charge in [-0.05, 0) is 42.5 Å². The molecule has 1 amide bonds. The third-order valence-corrected chi connectivity index (χ3v) is 3.24. The zero-order valence-corrected chi connectivity index (χ0v) is 12.9. The van der Waals surface area contributed by atoms with Crippen molar-refractivity contribution in [1.82, 2.24) is 0 Å². The number of benzene rings is 2. The number of hydrogen-bond acceptors (Lipinski definition) is 5. The number of carbonyl (C=O) groups excluding carboxylic acids is 2. The van der Waals surface area contributed by atoms with Crippen molar-refractivity contribution in [3.8, 4) is 5.75 Å². The number of ketones is 1. The van der Waals surface area contributed by atoms with E-state index in [4.69, 9.17) is 15.2 Å². The fraction of sp³-hybridized carbons (Fsp3) is 0.176. The lowest BCUT2D eigenvalue weighted by atomic mass is 10.1. The molecular weight excluding hydrogens is 296 g/mol. The van der Waals surface area contributed by atoms with Crippen LogP contribution in [0.15, 0.2) is 48.5 Å². The Labute approximate surface area is 134 Å². The molecule has 0 fully saturated rings. The Kier molecular flexibility index (Phi) is 5.32. The highest BCUT2D eigenvalue weighted by Crippen LogP contribution is 2.16.